The van der Waals surface area contributed by atoms with Crippen LogP contribution < -0.4 is 11.1 Å². The summed E-state index contributed by atoms with van der Waals surface area (Å²) in [4.78, 5) is 28.0. The number of aromatic nitrogens is 2. The van der Waals surface area contributed by atoms with Crippen LogP contribution in [0.2, 0.25) is 0 Å². The average molecular weight is 182 g/mol. The molecule has 0 spiro atoms. The number of hydrogen-bond acceptors (Lipinski definition) is 4. The highest BCUT2D eigenvalue weighted by Gasteiger charge is 2.12. The third kappa shape index (κ3) is 2.12. The van der Waals surface area contributed by atoms with E-state index in [0.717, 1.165) is 0 Å². The highest BCUT2D eigenvalue weighted by Crippen LogP contribution is 2.06. The Morgan fingerprint density at radius 3 is 2.54 bits per heavy atom. The highest BCUT2D eigenvalue weighted by molar-refractivity contribution is 5.96. The minimum absolute atomic E-state index is 0.164. The maximum Gasteiger partial charge on any atom is 0.358 e. The number of primary amides is 1. The smallest absolute Gasteiger partial charge is 0.358 e. The fraction of sp³-hybridized carbons (Fsp3) is 0. The summed E-state index contributed by atoms with van der Waals surface area (Å²) in [5.74, 6) is -1.45. The largest absolute Gasteiger partial charge is 0.476 e. The van der Waals surface area contributed by atoms with Gasteiger partial charge in [-0.05, 0) is 0 Å². The number of amides is 2. The highest BCUT2D eigenvalue weighted by atomic mass is 16.4. The van der Waals surface area contributed by atoms with E-state index < -0.39 is 12.0 Å². The predicted molar refractivity (Wildman–Crippen MR) is 42.2 cm³/mol. The second-order valence-electron chi connectivity index (χ2n) is 2.05. The molecule has 0 aliphatic carbocycles. The summed E-state index contributed by atoms with van der Waals surface area (Å²) >= 11 is 0. The van der Waals surface area contributed by atoms with Crippen LogP contribution in [0.1, 0.15) is 10.5 Å². The fourth-order valence-electron chi connectivity index (χ4n) is 0.703. The number of urea groups is 1. The van der Waals surface area contributed by atoms with E-state index >= 15 is 0 Å². The van der Waals surface area contributed by atoms with E-state index in [2.05, 4.69) is 9.97 Å². The van der Waals surface area contributed by atoms with E-state index in [0.29, 0.717) is 0 Å². The van der Waals surface area contributed by atoms with Crippen LogP contribution >= 0.6 is 0 Å². The summed E-state index contributed by atoms with van der Waals surface area (Å²) in [6.07, 6.45) is 2.45. The zero-order valence-electron chi connectivity index (χ0n) is 6.39. The molecule has 7 heteroatoms. The molecule has 0 bridgehead atoms. The molecule has 0 radical (unpaired) electrons. The van der Waals surface area contributed by atoms with Crippen molar-refractivity contribution in [2.24, 2.45) is 5.73 Å². The predicted octanol–water partition coefficient (Wildman–Crippen LogP) is -0.335. The van der Waals surface area contributed by atoms with Crippen molar-refractivity contribution < 1.29 is 14.7 Å². The lowest BCUT2D eigenvalue weighted by Crippen LogP contribution is -2.22. The van der Waals surface area contributed by atoms with Crippen LogP contribution in [0.15, 0.2) is 12.4 Å². The van der Waals surface area contributed by atoms with Gasteiger partial charge in [-0.25, -0.2) is 19.6 Å². The number of anilines is 1. The molecule has 68 valence electrons. The topological polar surface area (TPSA) is 118 Å². The van der Waals surface area contributed by atoms with Gasteiger partial charge in [-0.15, -0.1) is 0 Å². The number of carbonyl (C=O) groups is 2. The number of nitrogens with two attached hydrogens (primary N) is 1. The minimum atomic E-state index is -1.28. The Hall–Kier alpha value is -2.18. The van der Waals surface area contributed by atoms with Gasteiger partial charge in [0.1, 0.15) is 0 Å². The van der Waals surface area contributed by atoms with Crippen molar-refractivity contribution >= 4 is 17.8 Å². The van der Waals surface area contributed by atoms with Crippen LogP contribution in [0.25, 0.3) is 0 Å². The van der Waals surface area contributed by atoms with E-state index in [1.165, 1.54) is 12.4 Å². The molecule has 13 heavy (non-hydrogen) atoms. The number of carboxylic acid groups (broad SMARTS) is 1. The van der Waals surface area contributed by atoms with Crippen LogP contribution in [0.3, 0.4) is 0 Å². The molecular weight excluding hydrogens is 176 g/mol. The monoisotopic (exact) mass is 182 g/mol. The number of rotatable bonds is 2. The van der Waals surface area contributed by atoms with Crippen LogP contribution in [-0.2, 0) is 0 Å². The van der Waals surface area contributed by atoms with Crippen LogP contribution in [0, 0.1) is 0 Å². The number of hydrogen-bond donors (Lipinski definition) is 3. The molecule has 7 nitrogen and oxygen atoms in total. The molecule has 4 N–H and O–H groups in total. The Balaban J connectivity index is 3.04. The van der Waals surface area contributed by atoms with Crippen LogP contribution in [0.5, 0.6) is 0 Å². The van der Waals surface area contributed by atoms with Gasteiger partial charge in [0.05, 0.1) is 0 Å². The molecule has 0 aliphatic heterocycles. The lowest BCUT2D eigenvalue weighted by atomic mass is 10.4. The van der Waals surface area contributed by atoms with Gasteiger partial charge in [0, 0.05) is 12.4 Å². The van der Waals surface area contributed by atoms with Gasteiger partial charge in [0.2, 0.25) is 0 Å². The van der Waals surface area contributed by atoms with E-state index in [9.17, 15) is 9.59 Å². The normalized spacial score (nSPS) is 9.23. The first-order valence-corrected chi connectivity index (χ1v) is 3.22. The van der Waals surface area contributed by atoms with Gasteiger partial charge in [0.15, 0.2) is 11.5 Å². The van der Waals surface area contributed by atoms with Gasteiger partial charge >= 0.3 is 12.0 Å². The molecule has 0 fully saturated rings. The van der Waals surface area contributed by atoms with Gasteiger partial charge in [-0.3, -0.25) is 5.32 Å². The summed E-state index contributed by atoms with van der Waals surface area (Å²) in [7, 11) is 0. The molecule has 1 heterocycles. The van der Waals surface area contributed by atoms with Crippen molar-refractivity contribution in [3.05, 3.63) is 18.1 Å². The van der Waals surface area contributed by atoms with Crippen molar-refractivity contribution in [3.8, 4) is 0 Å². The summed E-state index contributed by atoms with van der Waals surface area (Å²) < 4.78 is 0. The quantitative estimate of drug-likeness (QED) is 0.578. The van der Waals surface area contributed by atoms with Gasteiger partial charge in [0.25, 0.3) is 0 Å². The lowest BCUT2D eigenvalue weighted by Gasteiger charge is -2.01. The Labute approximate surface area is 72.6 Å². The molecule has 0 aromatic carbocycles. The molecule has 1 aromatic rings. The van der Waals surface area contributed by atoms with Crippen molar-refractivity contribution in [2.75, 3.05) is 5.32 Å². The van der Waals surface area contributed by atoms with Gasteiger partial charge < -0.3 is 10.8 Å². The fourth-order valence-corrected chi connectivity index (χ4v) is 0.703. The molecule has 0 unspecified atom stereocenters. The van der Waals surface area contributed by atoms with Crippen LogP contribution in [0.4, 0.5) is 10.6 Å². The number of carboxylic acids is 1. The van der Waals surface area contributed by atoms with Crippen LogP contribution in [-0.4, -0.2) is 27.1 Å². The maximum atomic E-state index is 10.5. The summed E-state index contributed by atoms with van der Waals surface area (Å²) in [5.41, 5.74) is 4.44. The molecule has 0 aliphatic rings. The SMILES string of the molecule is NC(=O)Nc1nccnc1C(=O)O. The molecule has 0 saturated heterocycles. The molecule has 0 saturated carbocycles. The first-order chi connectivity index (χ1) is 6.11. The van der Waals surface area contributed by atoms with E-state index in [-0.39, 0.29) is 11.5 Å². The molecule has 1 rings (SSSR count). The second kappa shape index (κ2) is 3.48. The number of carbonyl (C=O) groups excluding carboxylic acids is 1. The lowest BCUT2D eigenvalue weighted by molar-refractivity contribution is 0.0691. The Morgan fingerprint density at radius 1 is 1.38 bits per heavy atom. The van der Waals surface area contributed by atoms with Crippen molar-refractivity contribution in [1.29, 1.82) is 0 Å². The van der Waals surface area contributed by atoms with E-state index in [1.54, 1.807) is 0 Å². The molecule has 1 aromatic heterocycles. The summed E-state index contributed by atoms with van der Waals surface area (Å²) in [6.45, 7) is 0. The number of aromatic carboxylic acids is 1. The summed E-state index contributed by atoms with van der Waals surface area (Å²) in [6, 6.07) is -0.886. The molecular formula is C6H6N4O3. The number of nitrogens with zero attached hydrogens (tertiary/aromatic N) is 2. The standard InChI is InChI=1S/C6H6N4O3/c7-6(13)10-4-3(5(11)12)8-1-2-9-4/h1-2H,(H,11,12)(H3,7,9,10,13). The zero-order valence-corrected chi connectivity index (χ0v) is 6.39. The van der Waals surface area contributed by atoms with E-state index in [1.807, 2.05) is 5.32 Å². The Bertz CT molecular complexity index is 351. The Morgan fingerprint density at radius 2 is 2.00 bits per heavy atom. The van der Waals surface area contributed by atoms with Crippen molar-refractivity contribution in [3.63, 3.8) is 0 Å². The van der Waals surface area contributed by atoms with Gasteiger partial charge in [-0.1, -0.05) is 0 Å². The second-order valence-corrected chi connectivity index (χ2v) is 2.05. The Kier molecular flexibility index (Phi) is 2.38. The van der Waals surface area contributed by atoms with E-state index in [4.69, 9.17) is 10.8 Å². The number of nitrogens with one attached hydrogen (secondary N) is 1. The summed E-state index contributed by atoms with van der Waals surface area (Å²) in [5, 5.41) is 10.6. The molecule has 2 amide bonds. The minimum Gasteiger partial charge on any atom is -0.476 e. The van der Waals surface area contributed by atoms with Crippen molar-refractivity contribution in [2.45, 2.75) is 0 Å². The maximum absolute atomic E-state index is 10.5. The average Bonchev–Trinajstić information content (AvgIpc) is 2.03. The first kappa shape index (κ1) is 8.91. The van der Waals surface area contributed by atoms with Crippen molar-refractivity contribution in [1.82, 2.24) is 9.97 Å². The molecule has 0 atom stereocenters. The third-order valence-electron chi connectivity index (χ3n) is 1.14. The first-order valence-electron chi connectivity index (χ1n) is 3.22. The zero-order chi connectivity index (χ0) is 9.84. The third-order valence-corrected chi connectivity index (χ3v) is 1.14. The van der Waals surface area contributed by atoms with Gasteiger partial charge in [-0.2, -0.15) is 0 Å².